The summed E-state index contributed by atoms with van der Waals surface area (Å²) >= 11 is 0. The predicted molar refractivity (Wildman–Crippen MR) is 79.5 cm³/mol. The second-order valence-electron chi connectivity index (χ2n) is 6.12. The van der Waals surface area contributed by atoms with Crippen LogP contribution >= 0.6 is 0 Å². The molecule has 2 aliphatic heterocycles. The molecule has 2 saturated heterocycles. The Bertz CT molecular complexity index is 529. The molecular weight excluding hydrogens is 252 g/mol. The first kappa shape index (κ1) is 13.4. The number of carboxylic acids is 1. The molecule has 0 spiro atoms. The highest BCUT2D eigenvalue weighted by Crippen LogP contribution is 2.31. The molecule has 0 radical (unpaired) electrons. The minimum atomic E-state index is -0.832. The van der Waals surface area contributed by atoms with Gasteiger partial charge < -0.3 is 10.0 Å². The number of nitrogens with zero attached hydrogens (tertiary/aromatic N) is 2. The maximum Gasteiger partial charge on any atom is 0.337 e. The van der Waals surface area contributed by atoms with Gasteiger partial charge in [-0.1, -0.05) is 6.07 Å². The van der Waals surface area contributed by atoms with Crippen molar-refractivity contribution in [2.24, 2.45) is 0 Å². The molecule has 4 nitrogen and oxygen atoms in total. The van der Waals surface area contributed by atoms with Gasteiger partial charge in [0.25, 0.3) is 0 Å². The van der Waals surface area contributed by atoms with Crippen molar-refractivity contribution in [3.8, 4) is 0 Å². The molecule has 2 unspecified atom stereocenters. The van der Waals surface area contributed by atoms with Crippen molar-refractivity contribution >= 4 is 11.7 Å². The van der Waals surface area contributed by atoms with Crippen LogP contribution in [-0.4, -0.2) is 47.7 Å². The summed E-state index contributed by atoms with van der Waals surface area (Å²) in [5, 5.41) is 9.42. The van der Waals surface area contributed by atoms with E-state index >= 15 is 0 Å². The lowest BCUT2D eigenvalue weighted by molar-refractivity contribution is 0.0697. The molecule has 0 saturated carbocycles. The van der Waals surface area contributed by atoms with Gasteiger partial charge in [0, 0.05) is 25.2 Å². The first-order valence-electron chi connectivity index (χ1n) is 7.41. The molecule has 1 aromatic rings. The number of fused-ring (bicyclic) bond motifs is 1. The number of hydrogen-bond donors (Lipinski definition) is 1. The summed E-state index contributed by atoms with van der Waals surface area (Å²) in [5.74, 6) is -0.832. The Hall–Kier alpha value is -1.55. The molecule has 0 amide bonds. The van der Waals surface area contributed by atoms with Crippen LogP contribution in [0.25, 0.3) is 0 Å². The minimum absolute atomic E-state index is 0.365. The van der Waals surface area contributed by atoms with Gasteiger partial charge in [-0.3, -0.25) is 4.90 Å². The van der Waals surface area contributed by atoms with E-state index in [2.05, 4.69) is 16.7 Å². The summed E-state index contributed by atoms with van der Waals surface area (Å²) in [5.41, 5.74) is 2.43. The van der Waals surface area contributed by atoms with Gasteiger partial charge in [0.2, 0.25) is 0 Å². The predicted octanol–water partition coefficient (Wildman–Crippen LogP) is 2.37. The topological polar surface area (TPSA) is 43.8 Å². The first-order valence-corrected chi connectivity index (χ1v) is 7.41. The third-order valence-corrected chi connectivity index (χ3v) is 4.63. The summed E-state index contributed by atoms with van der Waals surface area (Å²) in [6, 6.07) is 6.59. The summed E-state index contributed by atoms with van der Waals surface area (Å²) in [6.45, 7) is 7.40. The normalized spacial score (nSPS) is 26.6. The molecule has 0 aromatic heterocycles. The lowest BCUT2D eigenvalue weighted by atomic mass is 10.0. The van der Waals surface area contributed by atoms with E-state index in [4.69, 9.17) is 0 Å². The fourth-order valence-corrected chi connectivity index (χ4v) is 3.58. The number of hydrogen-bond acceptors (Lipinski definition) is 3. The minimum Gasteiger partial charge on any atom is -0.478 e. The molecule has 0 aliphatic carbocycles. The van der Waals surface area contributed by atoms with E-state index in [-0.39, 0.29) is 0 Å². The zero-order valence-electron chi connectivity index (χ0n) is 12.2. The van der Waals surface area contributed by atoms with E-state index in [0.717, 1.165) is 24.3 Å². The van der Waals surface area contributed by atoms with Crippen molar-refractivity contribution in [1.29, 1.82) is 0 Å². The van der Waals surface area contributed by atoms with E-state index in [9.17, 15) is 9.90 Å². The van der Waals surface area contributed by atoms with Gasteiger partial charge in [0.1, 0.15) is 0 Å². The van der Waals surface area contributed by atoms with E-state index < -0.39 is 5.97 Å². The first-order chi connectivity index (χ1) is 9.56. The van der Waals surface area contributed by atoms with E-state index in [1.807, 2.05) is 19.1 Å². The van der Waals surface area contributed by atoms with Crippen molar-refractivity contribution in [3.05, 3.63) is 29.3 Å². The smallest absolute Gasteiger partial charge is 0.337 e. The molecule has 3 rings (SSSR count). The van der Waals surface area contributed by atoms with Crippen LogP contribution in [0.3, 0.4) is 0 Å². The third kappa shape index (κ3) is 2.29. The fraction of sp³-hybridized carbons (Fsp3) is 0.562. The van der Waals surface area contributed by atoms with Crippen molar-refractivity contribution in [3.63, 3.8) is 0 Å². The van der Waals surface area contributed by atoms with E-state index in [1.165, 1.54) is 19.4 Å². The number of piperazine rings is 1. The number of anilines is 1. The van der Waals surface area contributed by atoms with E-state index in [1.54, 1.807) is 6.07 Å². The maximum absolute atomic E-state index is 11.5. The molecule has 2 fully saturated rings. The summed E-state index contributed by atoms with van der Waals surface area (Å²) in [7, 11) is 0. The standard InChI is InChI=1S/C16H22N2O2/c1-11-5-6-14(16(19)20)15(8-11)18-10-13-4-3-7-17(13)9-12(18)2/h5-6,8,12-13H,3-4,7,9-10H2,1-2H3,(H,19,20). The Morgan fingerprint density at radius 3 is 2.90 bits per heavy atom. The van der Waals surface area contributed by atoms with Crippen molar-refractivity contribution in [1.82, 2.24) is 4.90 Å². The van der Waals surface area contributed by atoms with Gasteiger partial charge in [0.15, 0.2) is 0 Å². The van der Waals surface area contributed by atoms with Crippen LogP contribution in [0.4, 0.5) is 5.69 Å². The molecule has 2 heterocycles. The molecular formula is C16H22N2O2. The zero-order chi connectivity index (χ0) is 14.3. The quantitative estimate of drug-likeness (QED) is 0.899. The molecule has 108 valence electrons. The number of carboxylic acid groups (broad SMARTS) is 1. The Morgan fingerprint density at radius 1 is 1.35 bits per heavy atom. The fourth-order valence-electron chi connectivity index (χ4n) is 3.58. The van der Waals surface area contributed by atoms with Crippen molar-refractivity contribution in [2.75, 3.05) is 24.5 Å². The average molecular weight is 274 g/mol. The highest BCUT2D eigenvalue weighted by molar-refractivity contribution is 5.94. The van der Waals surface area contributed by atoms with E-state index in [0.29, 0.717) is 17.6 Å². The third-order valence-electron chi connectivity index (χ3n) is 4.63. The van der Waals surface area contributed by atoms with Gasteiger partial charge in [-0.05, 0) is 50.9 Å². The highest BCUT2D eigenvalue weighted by atomic mass is 16.4. The van der Waals surface area contributed by atoms with Crippen LogP contribution < -0.4 is 4.90 Å². The number of aromatic carboxylic acids is 1. The van der Waals surface area contributed by atoms with Gasteiger partial charge in [0.05, 0.1) is 11.3 Å². The Labute approximate surface area is 120 Å². The second kappa shape index (κ2) is 5.09. The monoisotopic (exact) mass is 274 g/mol. The Balaban J connectivity index is 1.95. The van der Waals surface area contributed by atoms with Crippen LogP contribution in [0.15, 0.2) is 18.2 Å². The SMILES string of the molecule is Cc1ccc(C(=O)O)c(N2CC3CCCN3CC2C)c1. The molecule has 1 N–H and O–H groups in total. The molecule has 2 aliphatic rings. The largest absolute Gasteiger partial charge is 0.478 e. The highest BCUT2D eigenvalue weighted by Gasteiger charge is 2.35. The van der Waals surface area contributed by atoms with Crippen molar-refractivity contribution in [2.45, 2.75) is 38.8 Å². The Morgan fingerprint density at radius 2 is 2.15 bits per heavy atom. The lowest BCUT2D eigenvalue weighted by Crippen LogP contribution is -2.55. The Kier molecular flexibility index (Phi) is 3.42. The molecule has 4 heteroatoms. The summed E-state index contributed by atoms with van der Waals surface area (Å²) in [6.07, 6.45) is 2.50. The van der Waals surface area contributed by atoms with Crippen LogP contribution in [0.5, 0.6) is 0 Å². The van der Waals surface area contributed by atoms with Crippen LogP contribution in [0, 0.1) is 6.92 Å². The zero-order valence-corrected chi connectivity index (χ0v) is 12.2. The van der Waals surface area contributed by atoms with Crippen molar-refractivity contribution < 1.29 is 9.90 Å². The van der Waals surface area contributed by atoms with Gasteiger partial charge in [-0.2, -0.15) is 0 Å². The number of aryl methyl sites for hydroxylation is 1. The summed E-state index contributed by atoms with van der Waals surface area (Å²) < 4.78 is 0. The van der Waals surface area contributed by atoms with Crippen LogP contribution in [-0.2, 0) is 0 Å². The maximum atomic E-state index is 11.5. The van der Waals surface area contributed by atoms with Gasteiger partial charge in [-0.25, -0.2) is 4.79 Å². The number of benzene rings is 1. The van der Waals surface area contributed by atoms with Gasteiger partial charge in [-0.15, -0.1) is 0 Å². The summed E-state index contributed by atoms with van der Waals surface area (Å²) in [4.78, 5) is 16.3. The number of rotatable bonds is 2. The molecule has 1 aromatic carbocycles. The molecule has 20 heavy (non-hydrogen) atoms. The number of carbonyl (C=O) groups is 1. The van der Waals surface area contributed by atoms with Crippen LogP contribution in [0.2, 0.25) is 0 Å². The molecule has 0 bridgehead atoms. The van der Waals surface area contributed by atoms with Crippen LogP contribution in [0.1, 0.15) is 35.7 Å². The molecule has 2 atom stereocenters. The second-order valence-corrected chi connectivity index (χ2v) is 6.12. The van der Waals surface area contributed by atoms with Gasteiger partial charge >= 0.3 is 5.97 Å². The lowest BCUT2D eigenvalue weighted by Gasteiger charge is -2.44. The average Bonchev–Trinajstić information content (AvgIpc) is 2.84.